The fraction of sp³-hybridized carbons (Fsp3) is 0.300. The highest BCUT2D eigenvalue weighted by atomic mass is 127. The van der Waals surface area contributed by atoms with Gasteiger partial charge in [0, 0.05) is 16.7 Å². The molecule has 0 radical (unpaired) electrons. The Balaban J connectivity index is 0.00000280. The maximum absolute atomic E-state index is 13.3. The number of aryl methyl sites for hydroxylation is 1. The molecule has 0 unspecified atom stereocenters. The summed E-state index contributed by atoms with van der Waals surface area (Å²) in [6.45, 7) is 3.37. The van der Waals surface area contributed by atoms with Crippen LogP contribution in [0, 0.1) is 10.5 Å². The molecule has 8 heteroatoms. The molecule has 3 aromatic rings. The highest BCUT2D eigenvalue weighted by molar-refractivity contribution is 14.1. The van der Waals surface area contributed by atoms with Gasteiger partial charge in [0.25, 0.3) is 5.91 Å². The fourth-order valence-corrected chi connectivity index (χ4v) is 4.44. The van der Waals surface area contributed by atoms with Crippen molar-refractivity contribution < 1.29 is 9.53 Å². The number of carbonyl (C=O) groups excluding carboxylic acids is 1. The summed E-state index contributed by atoms with van der Waals surface area (Å²) in [6.07, 6.45) is 0. The highest BCUT2D eigenvalue weighted by Gasteiger charge is 2.24. The van der Waals surface area contributed by atoms with E-state index in [-0.39, 0.29) is 18.3 Å². The van der Waals surface area contributed by atoms with Crippen LogP contribution in [-0.4, -0.2) is 50.1 Å². The lowest BCUT2D eigenvalue weighted by Crippen LogP contribution is -2.37. The van der Waals surface area contributed by atoms with Crippen LogP contribution in [0.2, 0.25) is 0 Å². The number of fused-ring (bicyclic) bond motifs is 1. The monoisotopic (exact) mass is 531 g/mol. The Bertz CT molecular complexity index is 977. The molecule has 0 saturated heterocycles. The third kappa shape index (κ3) is 4.76. The Kier molecular flexibility index (Phi) is 8.06. The predicted octanol–water partition coefficient (Wildman–Crippen LogP) is 4.85. The van der Waals surface area contributed by atoms with Crippen molar-refractivity contribution in [2.24, 2.45) is 0 Å². The van der Waals surface area contributed by atoms with Gasteiger partial charge in [-0.05, 0) is 67.4 Å². The molecule has 28 heavy (non-hydrogen) atoms. The van der Waals surface area contributed by atoms with E-state index in [1.165, 1.54) is 11.3 Å². The molecule has 2 aromatic carbocycles. The Morgan fingerprint density at radius 3 is 2.54 bits per heavy atom. The minimum atomic E-state index is -0.0301. The maximum Gasteiger partial charge on any atom is 0.261 e. The van der Waals surface area contributed by atoms with E-state index in [2.05, 4.69) is 34.4 Å². The van der Waals surface area contributed by atoms with Gasteiger partial charge in [0.15, 0.2) is 5.13 Å². The first-order valence-corrected chi connectivity index (χ1v) is 10.5. The second-order valence-corrected chi connectivity index (χ2v) is 8.64. The van der Waals surface area contributed by atoms with Crippen molar-refractivity contribution in [2.45, 2.75) is 6.92 Å². The number of rotatable bonds is 6. The van der Waals surface area contributed by atoms with Crippen molar-refractivity contribution in [2.75, 3.05) is 39.2 Å². The number of anilines is 1. The average Bonchev–Trinajstić information content (AvgIpc) is 3.08. The van der Waals surface area contributed by atoms with E-state index < -0.39 is 0 Å². The predicted molar refractivity (Wildman–Crippen MR) is 128 cm³/mol. The van der Waals surface area contributed by atoms with Crippen LogP contribution >= 0.6 is 46.3 Å². The van der Waals surface area contributed by atoms with E-state index in [9.17, 15) is 4.79 Å². The van der Waals surface area contributed by atoms with E-state index >= 15 is 0 Å². The summed E-state index contributed by atoms with van der Waals surface area (Å²) in [7, 11) is 5.64. The summed E-state index contributed by atoms with van der Waals surface area (Å²) < 4.78 is 7.45. The molecule has 150 valence electrons. The first kappa shape index (κ1) is 22.9. The number of hydrogen-bond acceptors (Lipinski definition) is 5. The molecule has 3 rings (SSSR count). The van der Waals surface area contributed by atoms with Crippen molar-refractivity contribution in [3.8, 4) is 5.75 Å². The standard InChI is InChI=1S/C20H22IN3O2S.ClH/c1-13-9-10-16(26-4)17-18(13)27-20(22-17)24(12-11-23(2)3)19(25)14-7-5-6-8-15(14)21;/h5-10H,11-12H2,1-4H3;1H. The number of halogens is 2. The number of ether oxygens (including phenoxy) is 1. The third-order valence-electron chi connectivity index (χ3n) is 4.26. The van der Waals surface area contributed by atoms with Crippen LogP contribution in [0.3, 0.4) is 0 Å². The van der Waals surface area contributed by atoms with Gasteiger partial charge in [0.2, 0.25) is 0 Å². The zero-order valence-electron chi connectivity index (χ0n) is 16.2. The van der Waals surface area contributed by atoms with Crippen molar-refractivity contribution in [1.82, 2.24) is 9.88 Å². The van der Waals surface area contributed by atoms with Crippen LogP contribution < -0.4 is 9.64 Å². The molecule has 0 saturated carbocycles. The van der Waals surface area contributed by atoms with Crippen molar-refractivity contribution in [3.63, 3.8) is 0 Å². The lowest BCUT2D eigenvalue weighted by molar-refractivity contribution is 0.0984. The van der Waals surface area contributed by atoms with Crippen LogP contribution in [0.4, 0.5) is 5.13 Å². The van der Waals surface area contributed by atoms with E-state index in [0.29, 0.717) is 17.2 Å². The van der Waals surface area contributed by atoms with E-state index in [4.69, 9.17) is 9.72 Å². The molecule has 0 N–H and O–H groups in total. The summed E-state index contributed by atoms with van der Waals surface area (Å²) >= 11 is 3.74. The number of nitrogens with zero attached hydrogens (tertiary/aromatic N) is 3. The summed E-state index contributed by atoms with van der Waals surface area (Å²) in [5.74, 6) is 0.699. The van der Waals surface area contributed by atoms with Gasteiger partial charge in [0.1, 0.15) is 11.3 Å². The first-order valence-electron chi connectivity index (χ1n) is 8.57. The largest absolute Gasteiger partial charge is 0.494 e. The third-order valence-corrected chi connectivity index (χ3v) is 6.42. The molecule has 0 aliphatic heterocycles. The molecule has 0 aliphatic carbocycles. The van der Waals surface area contributed by atoms with Gasteiger partial charge >= 0.3 is 0 Å². The zero-order valence-corrected chi connectivity index (χ0v) is 20.0. The van der Waals surface area contributed by atoms with E-state index in [0.717, 1.165) is 31.6 Å². The Labute approximate surface area is 189 Å². The number of thiazole rings is 1. The minimum Gasteiger partial charge on any atom is -0.494 e. The van der Waals surface area contributed by atoms with Crippen LogP contribution in [0.5, 0.6) is 5.75 Å². The molecular weight excluding hydrogens is 509 g/mol. The molecule has 0 aliphatic rings. The number of likely N-dealkylation sites (N-methyl/N-ethyl adjacent to an activating group) is 1. The number of benzene rings is 2. The number of hydrogen-bond donors (Lipinski definition) is 0. The molecule has 1 amide bonds. The van der Waals surface area contributed by atoms with Crippen LogP contribution in [0.1, 0.15) is 15.9 Å². The summed E-state index contributed by atoms with van der Waals surface area (Å²) in [5.41, 5.74) is 2.63. The maximum atomic E-state index is 13.3. The molecule has 0 bridgehead atoms. The number of methoxy groups -OCH3 is 1. The van der Waals surface area contributed by atoms with Gasteiger partial charge in [-0.2, -0.15) is 0 Å². The second kappa shape index (κ2) is 9.87. The van der Waals surface area contributed by atoms with Crippen LogP contribution in [0.25, 0.3) is 10.2 Å². The van der Waals surface area contributed by atoms with Gasteiger partial charge in [-0.1, -0.05) is 29.5 Å². The lowest BCUT2D eigenvalue weighted by atomic mass is 10.2. The summed E-state index contributed by atoms with van der Waals surface area (Å²) in [5, 5.41) is 0.698. The Morgan fingerprint density at radius 2 is 1.89 bits per heavy atom. The molecule has 5 nitrogen and oxygen atoms in total. The summed E-state index contributed by atoms with van der Waals surface area (Å²) in [6, 6.07) is 11.6. The number of amides is 1. The minimum absolute atomic E-state index is 0. The van der Waals surface area contributed by atoms with Gasteiger partial charge in [-0.3, -0.25) is 9.69 Å². The van der Waals surface area contributed by atoms with E-state index in [1.54, 1.807) is 12.0 Å². The fourth-order valence-electron chi connectivity index (χ4n) is 2.74. The summed E-state index contributed by atoms with van der Waals surface area (Å²) in [4.78, 5) is 22.0. The molecule has 0 spiro atoms. The normalized spacial score (nSPS) is 10.8. The van der Waals surface area contributed by atoms with E-state index in [1.807, 2.05) is 50.5 Å². The quantitative estimate of drug-likeness (QED) is 0.427. The molecule has 1 aromatic heterocycles. The SMILES string of the molecule is COc1ccc(C)c2sc(N(CCN(C)C)C(=O)c3ccccc3I)nc12.Cl. The lowest BCUT2D eigenvalue weighted by Gasteiger charge is -2.22. The molecule has 0 fully saturated rings. The van der Waals surface area contributed by atoms with Crippen molar-refractivity contribution >= 4 is 67.6 Å². The zero-order chi connectivity index (χ0) is 19.6. The van der Waals surface area contributed by atoms with Crippen LogP contribution in [-0.2, 0) is 0 Å². The number of aromatic nitrogens is 1. The van der Waals surface area contributed by atoms with Crippen molar-refractivity contribution in [1.29, 1.82) is 0 Å². The van der Waals surface area contributed by atoms with Crippen molar-refractivity contribution in [3.05, 3.63) is 51.1 Å². The first-order chi connectivity index (χ1) is 12.9. The van der Waals surface area contributed by atoms with Crippen LogP contribution in [0.15, 0.2) is 36.4 Å². The van der Waals surface area contributed by atoms with Gasteiger partial charge in [-0.25, -0.2) is 4.98 Å². The molecule has 1 heterocycles. The second-order valence-electron chi connectivity index (χ2n) is 6.50. The highest BCUT2D eigenvalue weighted by Crippen LogP contribution is 2.37. The van der Waals surface area contributed by atoms with Gasteiger partial charge in [-0.15, -0.1) is 12.4 Å². The van der Waals surface area contributed by atoms with Gasteiger partial charge in [0.05, 0.1) is 17.4 Å². The van der Waals surface area contributed by atoms with Gasteiger partial charge < -0.3 is 9.64 Å². The molecular formula is C20H23ClIN3O2S. The average molecular weight is 532 g/mol. The Morgan fingerprint density at radius 1 is 1.18 bits per heavy atom. The smallest absolute Gasteiger partial charge is 0.261 e. The Hall–Kier alpha value is -1.42. The molecule has 0 atom stereocenters. The topological polar surface area (TPSA) is 45.7 Å². The number of carbonyl (C=O) groups is 1.